The Hall–Kier alpha value is -2.63. The Balaban J connectivity index is 1.65. The predicted molar refractivity (Wildman–Crippen MR) is 111 cm³/mol. The third-order valence-electron chi connectivity index (χ3n) is 5.25. The fourth-order valence-corrected chi connectivity index (χ4v) is 3.41. The lowest BCUT2D eigenvalue weighted by Gasteiger charge is -2.32. The van der Waals surface area contributed by atoms with Crippen LogP contribution in [0.1, 0.15) is 44.1 Å². The molecule has 0 aliphatic carbocycles. The Labute approximate surface area is 161 Å². The van der Waals surface area contributed by atoms with Crippen LogP contribution in [-0.4, -0.2) is 42.1 Å². The summed E-state index contributed by atoms with van der Waals surface area (Å²) in [7, 11) is 0. The third kappa shape index (κ3) is 4.76. The third-order valence-corrected chi connectivity index (χ3v) is 5.25. The summed E-state index contributed by atoms with van der Waals surface area (Å²) in [5.74, 6) is 1.37. The van der Waals surface area contributed by atoms with Crippen molar-refractivity contribution < 1.29 is 4.79 Å². The zero-order chi connectivity index (χ0) is 19.2. The van der Waals surface area contributed by atoms with E-state index in [1.165, 1.54) is 24.9 Å². The number of nitrogens with one attached hydrogen (secondary N) is 1. The summed E-state index contributed by atoms with van der Waals surface area (Å²) in [4.78, 5) is 25.5. The van der Waals surface area contributed by atoms with Gasteiger partial charge >= 0.3 is 0 Å². The van der Waals surface area contributed by atoms with Gasteiger partial charge in [0.1, 0.15) is 17.8 Å². The van der Waals surface area contributed by atoms with Gasteiger partial charge in [0.05, 0.1) is 0 Å². The molecule has 1 aliphatic rings. The quantitative estimate of drug-likeness (QED) is 0.841. The molecule has 0 atom stereocenters. The molecule has 1 aliphatic heterocycles. The largest absolute Gasteiger partial charge is 0.372 e. The van der Waals surface area contributed by atoms with E-state index >= 15 is 0 Å². The second-order valence-corrected chi connectivity index (χ2v) is 7.10. The van der Waals surface area contributed by atoms with Crippen molar-refractivity contribution >= 4 is 23.1 Å². The van der Waals surface area contributed by atoms with Crippen molar-refractivity contribution in [1.82, 2.24) is 9.97 Å². The first-order valence-corrected chi connectivity index (χ1v) is 9.84. The maximum absolute atomic E-state index is 12.6. The highest BCUT2D eigenvalue weighted by molar-refractivity contribution is 6.03. The summed E-state index contributed by atoms with van der Waals surface area (Å²) in [6.07, 6.45) is 3.92. The predicted octanol–water partition coefficient (Wildman–Crippen LogP) is 3.81. The molecule has 0 bridgehead atoms. The highest BCUT2D eigenvalue weighted by Crippen LogP contribution is 2.24. The summed E-state index contributed by atoms with van der Waals surface area (Å²) in [5.41, 5.74) is 2.36. The summed E-state index contributed by atoms with van der Waals surface area (Å²) < 4.78 is 0. The number of hydrogen-bond acceptors (Lipinski definition) is 5. The molecule has 1 fully saturated rings. The molecule has 6 heteroatoms. The van der Waals surface area contributed by atoms with Crippen molar-refractivity contribution in [2.75, 3.05) is 41.3 Å². The van der Waals surface area contributed by atoms with Crippen LogP contribution >= 0.6 is 0 Å². The number of amides is 1. The number of nitrogens with zero attached hydrogens (tertiary/aromatic N) is 4. The number of aromatic nitrogens is 2. The van der Waals surface area contributed by atoms with Gasteiger partial charge in [-0.15, -0.1) is 0 Å². The van der Waals surface area contributed by atoms with Crippen LogP contribution in [0.5, 0.6) is 0 Å². The average Bonchev–Trinajstić information content (AvgIpc) is 2.70. The topological polar surface area (TPSA) is 61.4 Å². The lowest BCUT2D eigenvalue weighted by atomic mass is 9.99. The van der Waals surface area contributed by atoms with Gasteiger partial charge in [0.15, 0.2) is 0 Å². The molecule has 1 aromatic heterocycles. The number of piperidine rings is 1. The van der Waals surface area contributed by atoms with E-state index < -0.39 is 0 Å². The summed E-state index contributed by atoms with van der Waals surface area (Å²) >= 11 is 0. The van der Waals surface area contributed by atoms with Crippen LogP contribution in [0.3, 0.4) is 0 Å². The lowest BCUT2D eigenvalue weighted by Crippen LogP contribution is -2.32. The van der Waals surface area contributed by atoms with Gasteiger partial charge in [-0.25, -0.2) is 9.97 Å². The molecule has 0 radical (unpaired) electrons. The molecule has 2 aromatic rings. The van der Waals surface area contributed by atoms with E-state index in [1.807, 2.05) is 12.1 Å². The molecule has 6 nitrogen and oxygen atoms in total. The van der Waals surface area contributed by atoms with Crippen molar-refractivity contribution in [3.8, 4) is 0 Å². The molecule has 27 heavy (non-hydrogen) atoms. The first kappa shape index (κ1) is 19.1. The van der Waals surface area contributed by atoms with Crippen LogP contribution in [0.25, 0.3) is 0 Å². The molecule has 0 unspecified atom stereocenters. The zero-order valence-electron chi connectivity index (χ0n) is 16.5. The molecule has 0 spiro atoms. The monoisotopic (exact) mass is 367 g/mol. The maximum atomic E-state index is 12.6. The van der Waals surface area contributed by atoms with E-state index in [0.29, 0.717) is 5.69 Å². The Morgan fingerprint density at radius 2 is 1.81 bits per heavy atom. The molecule has 1 aromatic carbocycles. The molecule has 1 saturated heterocycles. The summed E-state index contributed by atoms with van der Waals surface area (Å²) in [6.45, 7) is 10.3. The highest BCUT2D eigenvalue weighted by atomic mass is 16.1. The first-order valence-electron chi connectivity index (χ1n) is 9.84. The van der Waals surface area contributed by atoms with Crippen LogP contribution in [0.15, 0.2) is 36.7 Å². The van der Waals surface area contributed by atoms with Crippen molar-refractivity contribution in [1.29, 1.82) is 0 Å². The standard InChI is InChI=1S/C21H29N5O/c1-4-25(5-2)20-14-19(22-15-23-20)21(27)24-17-6-8-18(9-7-17)26-12-10-16(3)11-13-26/h6-9,14-16H,4-5,10-13H2,1-3H3,(H,24,27). The molecule has 0 saturated carbocycles. The second-order valence-electron chi connectivity index (χ2n) is 7.10. The number of benzene rings is 1. The minimum absolute atomic E-state index is 0.217. The number of carbonyl (C=O) groups excluding carboxylic acids is 1. The highest BCUT2D eigenvalue weighted by Gasteiger charge is 2.16. The van der Waals surface area contributed by atoms with Crippen molar-refractivity contribution in [3.63, 3.8) is 0 Å². The number of rotatable bonds is 6. The molecular weight excluding hydrogens is 338 g/mol. The summed E-state index contributed by atoms with van der Waals surface area (Å²) in [6, 6.07) is 9.81. The molecule has 3 rings (SSSR count). The number of hydrogen-bond donors (Lipinski definition) is 1. The zero-order valence-corrected chi connectivity index (χ0v) is 16.5. The lowest BCUT2D eigenvalue weighted by molar-refractivity contribution is 0.102. The van der Waals surface area contributed by atoms with E-state index in [1.54, 1.807) is 6.07 Å². The molecule has 1 amide bonds. The van der Waals surface area contributed by atoms with Gasteiger partial charge in [0.2, 0.25) is 0 Å². The SMILES string of the molecule is CCN(CC)c1cc(C(=O)Nc2ccc(N3CCC(C)CC3)cc2)ncn1. The summed E-state index contributed by atoms with van der Waals surface area (Å²) in [5, 5.41) is 2.93. The van der Waals surface area contributed by atoms with Gasteiger partial charge in [-0.2, -0.15) is 0 Å². The fraction of sp³-hybridized carbons (Fsp3) is 0.476. The Bertz CT molecular complexity index is 749. The Morgan fingerprint density at radius 3 is 2.44 bits per heavy atom. The average molecular weight is 367 g/mol. The van der Waals surface area contributed by atoms with Gasteiger partial charge in [0.25, 0.3) is 5.91 Å². The minimum atomic E-state index is -0.217. The van der Waals surface area contributed by atoms with Gasteiger partial charge in [-0.05, 0) is 56.9 Å². The van der Waals surface area contributed by atoms with Crippen LogP contribution < -0.4 is 15.1 Å². The van der Waals surface area contributed by atoms with Crippen LogP contribution in [0, 0.1) is 5.92 Å². The second kappa shape index (κ2) is 8.84. The fourth-order valence-electron chi connectivity index (χ4n) is 3.41. The number of carbonyl (C=O) groups is 1. The van der Waals surface area contributed by atoms with Crippen LogP contribution in [-0.2, 0) is 0 Å². The normalized spacial score (nSPS) is 14.9. The Morgan fingerprint density at radius 1 is 1.15 bits per heavy atom. The van der Waals surface area contributed by atoms with E-state index in [-0.39, 0.29) is 5.91 Å². The van der Waals surface area contributed by atoms with Gasteiger partial charge < -0.3 is 15.1 Å². The Kier molecular flexibility index (Phi) is 6.27. The molecule has 144 valence electrons. The minimum Gasteiger partial charge on any atom is -0.372 e. The smallest absolute Gasteiger partial charge is 0.274 e. The van der Waals surface area contributed by atoms with E-state index in [9.17, 15) is 4.79 Å². The maximum Gasteiger partial charge on any atom is 0.274 e. The van der Waals surface area contributed by atoms with Crippen LogP contribution in [0.2, 0.25) is 0 Å². The van der Waals surface area contributed by atoms with E-state index in [2.05, 4.69) is 58.0 Å². The molecular formula is C21H29N5O. The van der Waals surface area contributed by atoms with Gasteiger partial charge in [-0.1, -0.05) is 6.92 Å². The number of anilines is 3. The van der Waals surface area contributed by atoms with E-state index in [0.717, 1.165) is 43.6 Å². The van der Waals surface area contributed by atoms with Crippen molar-refractivity contribution in [3.05, 3.63) is 42.4 Å². The van der Waals surface area contributed by atoms with Gasteiger partial charge in [-0.3, -0.25) is 4.79 Å². The molecule has 2 heterocycles. The first-order chi connectivity index (χ1) is 13.1. The van der Waals surface area contributed by atoms with Gasteiger partial charge in [0, 0.05) is 43.6 Å². The van der Waals surface area contributed by atoms with Crippen molar-refractivity contribution in [2.45, 2.75) is 33.6 Å². The van der Waals surface area contributed by atoms with Crippen molar-refractivity contribution in [2.24, 2.45) is 5.92 Å². The van der Waals surface area contributed by atoms with Crippen LogP contribution in [0.4, 0.5) is 17.2 Å². The molecule has 1 N–H and O–H groups in total. The van der Waals surface area contributed by atoms with E-state index in [4.69, 9.17) is 0 Å².